The molecule has 1 aliphatic heterocycles. The van der Waals surface area contributed by atoms with E-state index in [2.05, 4.69) is 5.32 Å². The summed E-state index contributed by atoms with van der Waals surface area (Å²) >= 11 is 0. The number of rotatable bonds is 5. The number of carbonyl (C=O) groups is 2. The zero-order valence-corrected chi connectivity index (χ0v) is 18.2. The molecule has 0 unspecified atom stereocenters. The fourth-order valence-corrected chi connectivity index (χ4v) is 5.24. The minimum atomic E-state index is -4.59. The molecule has 7 nitrogen and oxygen atoms in total. The van der Waals surface area contributed by atoms with Crippen LogP contribution in [0.3, 0.4) is 0 Å². The maximum absolute atomic E-state index is 13.0. The third-order valence-electron chi connectivity index (χ3n) is 5.11. The molecule has 3 aromatic rings. The Hall–Kier alpha value is -3.60. The SMILES string of the molecule is CCN1C(=O)C(Nc2ccc3oc(C(C)=O)cc3c2)=C(c2ccc(C(F)(F)F)cc2)S1(=O)=O. The number of fused-ring (bicyclic) bond motifs is 1. The van der Waals surface area contributed by atoms with Crippen LogP contribution >= 0.6 is 0 Å². The number of hydrogen-bond donors (Lipinski definition) is 1. The fraction of sp³-hybridized carbons (Fsp3) is 0.182. The van der Waals surface area contributed by atoms with Gasteiger partial charge in [-0.05, 0) is 48.9 Å². The van der Waals surface area contributed by atoms with Crippen LogP contribution < -0.4 is 5.32 Å². The predicted molar refractivity (Wildman–Crippen MR) is 115 cm³/mol. The van der Waals surface area contributed by atoms with Crippen LogP contribution in [0.4, 0.5) is 18.9 Å². The number of Topliss-reactive ketones (excluding diaryl/α,β-unsaturated/α-hetero) is 1. The zero-order chi connectivity index (χ0) is 24.1. The molecule has 0 aliphatic carbocycles. The molecule has 33 heavy (non-hydrogen) atoms. The topological polar surface area (TPSA) is 96.7 Å². The third-order valence-corrected chi connectivity index (χ3v) is 7.07. The summed E-state index contributed by atoms with van der Waals surface area (Å²) in [6.45, 7) is 2.67. The monoisotopic (exact) mass is 478 g/mol. The van der Waals surface area contributed by atoms with Gasteiger partial charge in [0.1, 0.15) is 16.2 Å². The van der Waals surface area contributed by atoms with E-state index in [0.717, 1.165) is 24.3 Å². The van der Waals surface area contributed by atoms with Gasteiger partial charge in [-0.3, -0.25) is 9.59 Å². The highest BCUT2D eigenvalue weighted by atomic mass is 32.2. The summed E-state index contributed by atoms with van der Waals surface area (Å²) in [4.78, 5) is 24.0. The predicted octanol–water partition coefficient (Wildman–Crippen LogP) is 4.63. The molecule has 1 aromatic heterocycles. The number of alkyl halides is 3. The van der Waals surface area contributed by atoms with Crippen LogP contribution in [0.25, 0.3) is 15.9 Å². The lowest BCUT2D eigenvalue weighted by Gasteiger charge is -2.14. The van der Waals surface area contributed by atoms with E-state index in [0.29, 0.717) is 21.0 Å². The number of amides is 1. The second-order valence-corrected chi connectivity index (χ2v) is 9.10. The molecule has 0 radical (unpaired) electrons. The van der Waals surface area contributed by atoms with Gasteiger partial charge in [0.05, 0.1) is 5.56 Å². The van der Waals surface area contributed by atoms with Crippen molar-refractivity contribution in [2.45, 2.75) is 20.0 Å². The van der Waals surface area contributed by atoms with Gasteiger partial charge in [-0.2, -0.15) is 13.2 Å². The Kier molecular flexibility index (Phi) is 5.32. The lowest BCUT2D eigenvalue weighted by Crippen LogP contribution is -2.32. The number of likely N-dealkylation sites (N-methyl/N-ethyl adjacent to an activating group) is 1. The van der Waals surface area contributed by atoms with Crippen LogP contribution in [0.15, 0.2) is 58.6 Å². The average molecular weight is 478 g/mol. The van der Waals surface area contributed by atoms with Gasteiger partial charge in [-0.25, -0.2) is 12.7 Å². The molecule has 2 aromatic carbocycles. The molecule has 1 aliphatic rings. The number of ketones is 1. The van der Waals surface area contributed by atoms with Crippen LogP contribution in [0.2, 0.25) is 0 Å². The highest BCUT2D eigenvalue weighted by Gasteiger charge is 2.44. The van der Waals surface area contributed by atoms with Crippen molar-refractivity contribution in [2.75, 3.05) is 11.9 Å². The minimum absolute atomic E-state index is 0.0574. The maximum atomic E-state index is 13.0. The van der Waals surface area contributed by atoms with Crippen molar-refractivity contribution in [1.29, 1.82) is 0 Å². The third kappa shape index (κ3) is 3.88. The van der Waals surface area contributed by atoms with E-state index in [-0.39, 0.29) is 29.3 Å². The smallest absolute Gasteiger partial charge is 0.416 e. The molecule has 0 saturated heterocycles. The molecule has 172 valence electrons. The average Bonchev–Trinajstić information content (AvgIpc) is 3.24. The van der Waals surface area contributed by atoms with Crippen LogP contribution in [0.5, 0.6) is 0 Å². The standard InChI is InChI=1S/C22H17F3N2O5S/c1-3-27-21(29)19(26-16-8-9-17-14(10-16)11-18(32-17)12(2)28)20(33(27,30)31)13-4-6-15(7-5-13)22(23,24)25/h4-11,26H,3H2,1-2H3. The van der Waals surface area contributed by atoms with E-state index in [4.69, 9.17) is 4.42 Å². The van der Waals surface area contributed by atoms with E-state index in [1.165, 1.54) is 26.0 Å². The molecular formula is C22H17F3N2O5S. The van der Waals surface area contributed by atoms with Crippen molar-refractivity contribution in [3.05, 3.63) is 71.1 Å². The highest BCUT2D eigenvalue weighted by Crippen LogP contribution is 2.38. The second kappa shape index (κ2) is 7.77. The summed E-state index contributed by atoms with van der Waals surface area (Å²) in [6, 6.07) is 9.71. The van der Waals surface area contributed by atoms with E-state index >= 15 is 0 Å². The molecule has 0 saturated carbocycles. The second-order valence-electron chi connectivity index (χ2n) is 7.30. The molecule has 1 amide bonds. The van der Waals surface area contributed by atoms with E-state index < -0.39 is 32.6 Å². The summed E-state index contributed by atoms with van der Waals surface area (Å²) in [5.41, 5.74) is -0.533. The Morgan fingerprint density at radius 3 is 2.33 bits per heavy atom. The van der Waals surface area contributed by atoms with Crippen molar-refractivity contribution in [3.8, 4) is 0 Å². The molecule has 11 heteroatoms. The number of nitrogens with zero attached hydrogens (tertiary/aromatic N) is 1. The number of anilines is 1. The first-order valence-electron chi connectivity index (χ1n) is 9.74. The molecular weight excluding hydrogens is 461 g/mol. The Morgan fingerprint density at radius 1 is 1.09 bits per heavy atom. The summed E-state index contributed by atoms with van der Waals surface area (Å²) in [5, 5.41) is 3.34. The zero-order valence-electron chi connectivity index (χ0n) is 17.4. The Balaban J connectivity index is 1.82. The molecule has 2 heterocycles. The molecule has 4 rings (SSSR count). The highest BCUT2D eigenvalue weighted by molar-refractivity contribution is 7.99. The van der Waals surface area contributed by atoms with Gasteiger partial charge < -0.3 is 9.73 Å². The summed E-state index contributed by atoms with van der Waals surface area (Å²) in [7, 11) is -4.29. The number of halogens is 3. The Bertz CT molecular complexity index is 1420. The largest absolute Gasteiger partial charge is 0.453 e. The number of benzene rings is 2. The van der Waals surface area contributed by atoms with Gasteiger partial charge in [0.15, 0.2) is 11.5 Å². The number of hydrogen-bond acceptors (Lipinski definition) is 6. The van der Waals surface area contributed by atoms with Gasteiger partial charge >= 0.3 is 6.18 Å². The molecule has 0 atom stereocenters. The van der Waals surface area contributed by atoms with Crippen molar-refractivity contribution < 1.29 is 35.6 Å². The first kappa shape index (κ1) is 22.6. The van der Waals surface area contributed by atoms with Gasteiger partial charge in [-0.1, -0.05) is 12.1 Å². The minimum Gasteiger partial charge on any atom is -0.453 e. The van der Waals surface area contributed by atoms with Gasteiger partial charge in [0.2, 0.25) is 0 Å². The summed E-state index contributed by atoms with van der Waals surface area (Å²) in [6.07, 6.45) is -4.59. The van der Waals surface area contributed by atoms with Gasteiger partial charge in [0, 0.05) is 24.5 Å². The fourth-order valence-electron chi connectivity index (χ4n) is 3.54. The van der Waals surface area contributed by atoms with Gasteiger partial charge in [-0.15, -0.1) is 0 Å². The quantitative estimate of drug-likeness (QED) is 0.538. The number of sulfonamides is 1. The van der Waals surface area contributed by atoms with Crippen LogP contribution in [0.1, 0.15) is 35.5 Å². The summed E-state index contributed by atoms with van der Waals surface area (Å²) in [5.74, 6) is -0.962. The molecule has 1 N–H and O–H groups in total. The molecule has 0 spiro atoms. The maximum Gasteiger partial charge on any atom is 0.416 e. The van der Waals surface area contributed by atoms with Gasteiger partial charge in [0.25, 0.3) is 15.9 Å². The van der Waals surface area contributed by atoms with E-state index in [1.54, 1.807) is 12.1 Å². The van der Waals surface area contributed by atoms with Crippen LogP contribution in [0, 0.1) is 0 Å². The number of furan rings is 1. The van der Waals surface area contributed by atoms with Crippen LogP contribution in [-0.2, 0) is 21.0 Å². The van der Waals surface area contributed by atoms with Crippen molar-refractivity contribution >= 4 is 43.3 Å². The normalized spacial score (nSPS) is 16.0. The Morgan fingerprint density at radius 2 is 1.76 bits per heavy atom. The molecule has 0 bridgehead atoms. The van der Waals surface area contributed by atoms with E-state index in [9.17, 15) is 31.2 Å². The first-order valence-corrected chi connectivity index (χ1v) is 11.2. The van der Waals surface area contributed by atoms with E-state index in [1.807, 2.05) is 0 Å². The number of nitrogens with one attached hydrogen (secondary N) is 1. The Labute approximate surface area is 186 Å². The van der Waals surface area contributed by atoms with Crippen molar-refractivity contribution in [3.63, 3.8) is 0 Å². The van der Waals surface area contributed by atoms with Crippen molar-refractivity contribution in [1.82, 2.24) is 4.31 Å². The first-order chi connectivity index (χ1) is 15.4. The lowest BCUT2D eigenvalue weighted by molar-refractivity contribution is -0.137. The molecule has 0 fully saturated rings. The lowest BCUT2D eigenvalue weighted by atomic mass is 10.1. The summed E-state index contributed by atoms with van der Waals surface area (Å²) < 4.78 is 71.0. The van der Waals surface area contributed by atoms with Crippen LogP contribution in [-0.4, -0.2) is 31.0 Å². The van der Waals surface area contributed by atoms with Crippen molar-refractivity contribution in [2.24, 2.45) is 0 Å². The number of carbonyl (C=O) groups excluding carboxylic acids is 2.